The van der Waals surface area contributed by atoms with Crippen LogP contribution in [0.2, 0.25) is 0 Å². The van der Waals surface area contributed by atoms with Crippen molar-refractivity contribution < 1.29 is 0 Å². The lowest BCUT2D eigenvalue weighted by Gasteiger charge is -1.83. The summed E-state index contributed by atoms with van der Waals surface area (Å²) < 4.78 is 0. The molecule has 0 unspecified atom stereocenters. The van der Waals surface area contributed by atoms with E-state index in [9.17, 15) is 0 Å². The highest BCUT2D eigenvalue weighted by atomic mass is 14.6. The Kier molecular flexibility index (Phi) is 1.42. The summed E-state index contributed by atoms with van der Waals surface area (Å²) in [5, 5.41) is 0. The zero-order valence-corrected chi connectivity index (χ0v) is 4.46. The Hall–Kier alpha value is -1.11. The van der Waals surface area contributed by atoms with Gasteiger partial charge in [-0.25, -0.2) is 0 Å². The minimum atomic E-state index is 1.06. The fourth-order valence-corrected chi connectivity index (χ4v) is 0.453. The number of aromatic nitrogens is 1. The molecule has 0 fully saturated rings. The van der Waals surface area contributed by atoms with Crippen LogP contribution < -0.4 is 0 Å². The van der Waals surface area contributed by atoms with E-state index in [1.54, 1.807) is 18.3 Å². The van der Waals surface area contributed by atoms with Gasteiger partial charge in [-0.05, 0) is 17.7 Å². The summed E-state index contributed by atoms with van der Waals surface area (Å²) in [5.74, 6) is 0. The first-order valence-corrected chi connectivity index (χ1v) is 2.38. The largest absolute Gasteiger partial charge is 0.255 e. The molecule has 1 rings (SSSR count). The zero-order chi connectivity index (χ0) is 5.82. The van der Waals surface area contributed by atoms with Gasteiger partial charge in [0.1, 0.15) is 0 Å². The number of hydrogen-bond acceptors (Lipinski definition) is 1. The molecule has 8 heavy (non-hydrogen) atoms. The summed E-state index contributed by atoms with van der Waals surface area (Å²) in [6, 6.07) is 3.66. The van der Waals surface area contributed by atoms with Crippen LogP contribution in [-0.2, 0) is 0 Å². The Balaban J connectivity index is 2.99. The second kappa shape index (κ2) is 2.26. The highest BCUT2D eigenvalue weighted by molar-refractivity contribution is 5.44. The third-order valence-electron chi connectivity index (χ3n) is 0.883. The molecule has 1 radical (unpaired) electrons. The highest BCUT2D eigenvalue weighted by Gasteiger charge is 1.77. The molecular formula is C7H6N. The SMILES string of the molecule is C=Cc1c[c]ncc1. The van der Waals surface area contributed by atoms with Crippen LogP contribution in [0.4, 0.5) is 0 Å². The van der Waals surface area contributed by atoms with E-state index < -0.39 is 0 Å². The second-order valence-electron chi connectivity index (χ2n) is 1.42. The van der Waals surface area contributed by atoms with Crippen molar-refractivity contribution in [2.45, 2.75) is 0 Å². The summed E-state index contributed by atoms with van der Waals surface area (Å²) in [7, 11) is 0. The van der Waals surface area contributed by atoms with Gasteiger partial charge in [-0.3, -0.25) is 4.98 Å². The molecule has 0 saturated heterocycles. The predicted octanol–water partition coefficient (Wildman–Crippen LogP) is 1.52. The van der Waals surface area contributed by atoms with Gasteiger partial charge in [0.2, 0.25) is 0 Å². The molecule has 0 aliphatic carbocycles. The van der Waals surface area contributed by atoms with E-state index in [4.69, 9.17) is 0 Å². The molecule has 0 aromatic carbocycles. The van der Waals surface area contributed by atoms with Gasteiger partial charge in [-0.15, -0.1) is 0 Å². The Morgan fingerprint density at radius 2 is 2.62 bits per heavy atom. The molecule has 0 atom stereocenters. The van der Waals surface area contributed by atoms with Gasteiger partial charge in [0.25, 0.3) is 0 Å². The first kappa shape index (κ1) is 5.04. The molecule has 0 aliphatic heterocycles. The van der Waals surface area contributed by atoms with Gasteiger partial charge >= 0.3 is 0 Å². The van der Waals surface area contributed by atoms with E-state index in [-0.39, 0.29) is 0 Å². The summed E-state index contributed by atoms with van der Waals surface area (Å²) in [6.45, 7) is 3.58. The first-order valence-electron chi connectivity index (χ1n) is 2.38. The minimum Gasteiger partial charge on any atom is -0.255 e. The maximum atomic E-state index is 3.72. The molecule has 0 saturated carbocycles. The molecule has 0 N–H and O–H groups in total. The lowest BCUT2D eigenvalue weighted by molar-refractivity contribution is 1.31. The van der Waals surface area contributed by atoms with Crippen LogP contribution in [0.3, 0.4) is 0 Å². The molecule has 1 aromatic heterocycles. The van der Waals surface area contributed by atoms with Crippen molar-refractivity contribution in [1.82, 2.24) is 4.98 Å². The van der Waals surface area contributed by atoms with Crippen molar-refractivity contribution in [2.75, 3.05) is 0 Å². The minimum absolute atomic E-state index is 1.06. The quantitative estimate of drug-likeness (QED) is 0.526. The molecule has 0 amide bonds. The van der Waals surface area contributed by atoms with Crippen molar-refractivity contribution in [2.24, 2.45) is 0 Å². The first-order chi connectivity index (χ1) is 3.93. The van der Waals surface area contributed by atoms with E-state index >= 15 is 0 Å². The van der Waals surface area contributed by atoms with Crippen LogP contribution in [0.25, 0.3) is 6.08 Å². The molecule has 1 aromatic rings. The van der Waals surface area contributed by atoms with Crippen molar-refractivity contribution in [3.63, 3.8) is 0 Å². The van der Waals surface area contributed by atoms with Crippen LogP contribution in [0.15, 0.2) is 24.9 Å². The Morgan fingerprint density at radius 3 is 3.00 bits per heavy atom. The van der Waals surface area contributed by atoms with Crippen LogP contribution in [0.1, 0.15) is 5.56 Å². The fourth-order valence-electron chi connectivity index (χ4n) is 0.453. The molecular weight excluding hydrogens is 98.1 g/mol. The highest BCUT2D eigenvalue weighted by Crippen LogP contribution is 1.94. The molecule has 0 spiro atoms. The average molecular weight is 104 g/mol. The Morgan fingerprint density at radius 1 is 1.75 bits per heavy atom. The van der Waals surface area contributed by atoms with Crippen LogP contribution in [0.5, 0.6) is 0 Å². The zero-order valence-electron chi connectivity index (χ0n) is 4.46. The lowest BCUT2D eigenvalue weighted by Crippen LogP contribution is -1.70. The van der Waals surface area contributed by atoms with Gasteiger partial charge in [-0.1, -0.05) is 12.7 Å². The molecule has 0 bridgehead atoms. The second-order valence-corrected chi connectivity index (χ2v) is 1.42. The van der Waals surface area contributed by atoms with Crippen LogP contribution >= 0.6 is 0 Å². The van der Waals surface area contributed by atoms with Gasteiger partial charge < -0.3 is 0 Å². The van der Waals surface area contributed by atoms with Gasteiger partial charge in [0.15, 0.2) is 0 Å². The van der Waals surface area contributed by atoms with Crippen molar-refractivity contribution in [1.29, 1.82) is 0 Å². The summed E-state index contributed by atoms with van der Waals surface area (Å²) >= 11 is 0. The molecule has 1 heterocycles. The third-order valence-corrected chi connectivity index (χ3v) is 0.883. The van der Waals surface area contributed by atoms with Crippen molar-refractivity contribution in [3.05, 3.63) is 36.7 Å². The lowest BCUT2D eigenvalue weighted by atomic mass is 10.3. The van der Waals surface area contributed by atoms with Crippen molar-refractivity contribution >= 4 is 6.08 Å². The number of nitrogens with zero attached hydrogens (tertiary/aromatic N) is 1. The van der Waals surface area contributed by atoms with E-state index in [2.05, 4.69) is 17.8 Å². The fraction of sp³-hybridized carbons (Fsp3) is 0. The smallest absolute Gasteiger partial charge is 0.0892 e. The molecule has 1 heteroatoms. The molecule has 1 nitrogen and oxygen atoms in total. The maximum absolute atomic E-state index is 3.72. The molecule has 0 aliphatic rings. The van der Waals surface area contributed by atoms with E-state index in [0.717, 1.165) is 5.56 Å². The van der Waals surface area contributed by atoms with Gasteiger partial charge in [-0.2, -0.15) is 0 Å². The summed E-state index contributed by atoms with van der Waals surface area (Å²) in [4.78, 5) is 3.72. The topological polar surface area (TPSA) is 12.9 Å². The summed E-state index contributed by atoms with van der Waals surface area (Å²) in [6.07, 6.45) is 6.14. The normalized spacial score (nSPS) is 8.50. The number of rotatable bonds is 1. The molecule has 39 valence electrons. The van der Waals surface area contributed by atoms with Gasteiger partial charge in [0, 0.05) is 6.20 Å². The Labute approximate surface area is 48.7 Å². The van der Waals surface area contributed by atoms with E-state index in [0.29, 0.717) is 0 Å². The average Bonchev–Trinajstić information content (AvgIpc) is 1.90. The monoisotopic (exact) mass is 104 g/mol. The standard InChI is InChI=1S/C7H6N/c1-2-7-3-5-8-6-4-7/h2-5H,1H2. The number of pyridine rings is 1. The third kappa shape index (κ3) is 0.936. The predicted molar refractivity (Wildman–Crippen MR) is 33.2 cm³/mol. The van der Waals surface area contributed by atoms with Crippen LogP contribution in [-0.4, -0.2) is 4.98 Å². The Bertz CT molecular complexity index is 167. The van der Waals surface area contributed by atoms with Gasteiger partial charge in [0.05, 0.1) is 6.20 Å². The number of hydrogen-bond donors (Lipinski definition) is 0. The summed E-state index contributed by atoms with van der Waals surface area (Å²) in [5.41, 5.74) is 1.06. The van der Waals surface area contributed by atoms with Crippen molar-refractivity contribution in [3.8, 4) is 0 Å². The van der Waals surface area contributed by atoms with E-state index in [1.165, 1.54) is 0 Å². The maximum Gasteiger partial charge on any atom is 0.0892 e. The van der Waals surface area contributed by atoms with Crippen LogP contribution in [0, 0.1) is 6.20 Å². The van der Waals surface area contributed by atoms with E-state index in [1.807, 2.05) is 6.07 Å².